The van der Waals surface area contributed by atoms with Crippen LogP contribution in [-0.4, -0.2) is 25.0 Å². The average Bonchev–Trinajstić information content (AvgIpc) is 3.03. The second-order valence-corrected chi connectivity index (χ2v) is 6.15. The number of nitrogens with zero attached hydrogens (tertiary/aromatic N) is 1. The summed E-state index contributed by atoms with van der Waals surface area (Å²) in [6.07, 6.45) is 0. The van der Waals surface area contributed by atoms with Crippen molar-refractivity contribution in [2.45, 2.75) is 19.9 Å². The molecule has 3 rings (SSSR count). The van der Waals surface area contributed by atoms with Gasteiger partial charge in [-0.05, 0) is 43.7 Å². The summed E-state index contributed by atoms with van der Waals surface area (Å²) in [5, 5.41) is 5.56. The molecule has 2 aromatic carbocycles. The lowest BCUT2D eigenvalue weighted by atomic mass is 10.1. The SMILES string of the molecule is Cc1ccc(F)c(C(=O)NC(C)c2ccc(N3CCNC3=O)cc2)c1. The Hall–Kier alpha value is -2.89. The van der Waals surface area contributed by atoms with Crippen LogP contribution in [-0.2, 0) is 0 Å². The Labute approximate surface area is 145 Å². The number of halogens is 1. The van der Waals surface area contributed by atoms with Crippen LogP contribution in [0.3, 0.4) is 0 Å². The fourth-order valence-corrected chi connectivity index (χ4v) is 2.83. The van der Waals surface area contributed by atoms with Crippen molar-refractivity contribution in [3.05, 3.63) is 65.0 Å². The molecular formula is C19H20FN3O2. The van der Waals surface area contributed by atoms with Gasteiger partial charge in [-0.3, -0.25) is 9.69 Å². The van der Waals surface area contributed by atoms with E-state index in [1.807, 2.05) is 38.1 Å². The largest absolute Gasteiger partial charge is 0.345 e. The first-order chi connectivity index (χ1) is 12.0. The predicted molar refractivity (Wildman–Crippen MR) is 94.2 cm³/mol. The zero-order valence-electron chi connectivity index (χ0n) is 14.2. The van der Waals surface area contributed by atoms with Crippen LogP contribution in [0, 0.1) is 12.7 Å². The molecule has 0 aromatic heterocycles. The van der Waals surface area contributed by atoms with E-state index in [0.717, 1.165) is 16.8 Å². The second-order valence-electron chi connectivity index (χ2n) is 6.15. The highest BCUT2D eigenvalue weighted by Crippen LogP contribution is 2.21. The van der Waals surface area contributed by atoms with Gasteiger partial charge in [0.1, 0.15) is 5.82 Å². The van der Waals surface area contributed by atoms with Gasteiger partial charge in [0.2, 0.25) is 0 Å². The van der Waals surface area contributed by atoms with E-state index in [4.69, 9.17) is 0 Å². The van der Waals surface area contributed by atoms with Gasteiger partial charge in [0, 0.05) is 18.8 Å². The van der Waals surface area contributed by atoms with Gasteiger partial charge in [0.25, 0.3) is 5.91 Å². The number of aryl methyl sites for hydroxylation is 1. The molecule has 0 saturated carbocycles. The van der Waals surface area contributed by atoms with Crippen LogP contribution in [0.4, 0.5) is 14.9 Å². The molecule has 1 atom stereocenters. The normalized spacial score (nSPS) is 15.0. The monoisotopic (exact) mass is 341 g/mol. The Morgan fingerprint density at radius 3 is 2.60 bits per heavy atom. The molecule has 1 saturated heterocycles. The van der Waals surface area contributed by atoms with Crippen molar-refractivity contribution in [2.75, 3.05) is 18.0 Å². The summed E-state index contributed by atoms with van der Waals surface area (Å²) in [7, 11) is 0. The first kappa shape index (κ1) is 17.0. The van der Waals surface area contributed by atoms with E-state index in [2.05, 4.69) is 10.6 Å². The Morgan fingerprint density at radius 2 is 1.96 bits per heavy atom. The van der Waals surface area contributed by atoms with Crippen LogP contribution in [0.25, 0.3) is 0 Å². The molecule has 1 heterocycles. The van der Waals surface area contributed by atoms with Crippen molar-refractivity contribution >= 4 is 17.6 Å². The number of urea groups is 1. The van der Waals surface area contributed by atoms with Crippen molar-refractivity contribution < 1.29 is 14.0 Å². The molecule has 1 aliphatic rings. The zero-order valence-corrected chi connectivity index (χ0v) is 14.2. The number of anilines is 1. The van der Waals surface area contributed by atoms with E-state index in [0.29, 0.717) is 13.1 Å². The van der Waals surface area contributed by atoms with Crippen molar-refractivity contribution in [3.63, 3.8) is 0 Å². The summed E-state index contributed by atoms with van der Waals surface area (Å²) in [6, 6.07) is 11.5. The molecule has 0 spiro atoms. The third kappa shape index (κ3) is 3.63. The highest BCUT2D eigenvalue weighted by Gasteiger charge is 2.21. The number of nitrogens with one attached hydrogen (secondary N) is 2. The smallest absolute Gasteiger partial charge is 0.321 e. The molecule has 6 heteroatoms. The molecule has 2 aromatic rings. The van der Waals surface area contributed by atoms with E-state index < -0.39 is 11.7 Å². The Bertz CT molecular complexity index is 805. The van der Waals surface area contributed by atoms with E-state index in [-0.39, 0.29) is 17.6 Å². The highest BCUT2D eigenvalue weighted by atomic mass is 19.1. The molecule has 0 radical (unpaired) electrons. The number of benzene rings is 2. The summed E-state index contributed by atoms with van der Waals surface area (Å²) in [5.74, 6) is -0.984. The maximum absolute atomic E-state index is 13.8. The quantitative estimate of drug-likeness (QED) is 0.897. The van der Waals surface area contributed by atoms with Crippen molar-refractivity contribution in [1.29, 1.82) is 0 Å². The van der Waals surface area contributed by atoms with Crippen LogP contribution in [0.15, 0.2) is 42.5 Å². The second kappa shape index (κ2) is 6.93. The molecule has 0 bridgehead atoms. The van der Waals surface area contributed by atoms with E-state index in [1.165, 1.54) is 12.1 Å². The van der Waals surface area contributed by atoms with Crippen molar-refractivity contribution in [1.82, 2.24) is 10.6 Å². The molecule has 1 aliphatic heterocycles. The van der Waals surface area contributed by atoms with Gasteiger partial charge < -0.3 is 10.6 Å². The average molecular weight is 341 g/mol. The van der Waals surface area contributed by atoms with E-state index in [1.54, 1.807) is 11.0 Å². The van der Waals surface area contributed by atoms with Gasteiger partial charge in [0.15, 0.2) is 0 Å². The summed E-state index contributed by atoms with van der Waals surface area (Å²) in [4.78, 5) is 25.6. The molecule has 3 amide bonds. The maximum Gasteiger partial charge on any atom is 0.321 e. The molecule has 1 fully saturated rings. The third-order valence-electron chi connectivity index (χ3n) is 4.28. The number of hydrogen-bond donors (Lipinski definition) is 2. The minimum atomic E-state index is -0.536. The topological polar surface area (TPSA) is 61.4 Å². The van der Waals surface area contributed by atoms with Gasteiger partial charge >= 0.3 is 6.03 Å². The van der Waals surface area contributed by atoms with Gasteiger partial charge in [-0.1, -0.05) is 23.8 Å². The van der Waals surface area contributed by atoms with Crippen LogP contribution < -0.4 is 15.5 Å². The summed E-state index contributed by atoms with van der Waals surface area (Å²) in [6.45, 7) is 4.92. The number of rotatable bonds is 4. The maximum atomic E-state index is 13.8. The van der Waals surface area contributed by atoms with Gasteiger partial charge in [-0.2, -0.15) is 0 Å². The number of hydrogen-bond acceptors (Lipinski definition) is 2. The van der Waals surface area contributed by atoms with E-state index in [9.17, 15) is 14.0 Å². The van der Waals surface area contributed by atoms with Crippen molar-refractivity contribution in [3.8, 4) is 0 Å². The number of carbonyl (C=O) groups is 2. The van der Waals surface area contributed by atoms with Crippen LogP contribution >= 0.6 is 0 Å². The number of carbonyl (C=O) groups excluding carboxylic acids is 2. The van der Waals surface area contributed by atoms with Crippen LogP contribution in [0.2, 0.25) is 0 Å². The summed E-state index contributed by atoms with van der Waals surface area (Å²) >= 11 is 0. The summed E-state index contributed by atoms with van der Waals surface area (Å²) in [5.41, 5.74) is 2.55. The number of amides is 3. The van der Waals surface area contributed by atoms with Crippen LogP contribution in [0.5, 0.6) is 0 Å². The first-order valence-corrected chi connectivity index (χ1v) is 8.18. The first-order valence-electron chi connectivity index (χ1n) is 8.18. The Kier molecular flexibility index (Phi) is 4.70. The lowest BCUT2D eigenvalue weighted by Gasteiger charge is -2.18. The fraction of sp³-hybridized carbons (Fsp3) is 0.263. The van der Waals surface area contributed by atoms with Crippen LogP contribution in [0.1, 0.15) is 34.5 Å². The molecule has 130 valence electrons. The standard InChI is InChI=1S/C19H20FN3O2/c1-12-3-8-17(20)16(11-12)18(24)22-13(2)14-4-6-15(7-5-14)23-10-9-21-19(23)25/h3-8,11,13H,9-10H2,1-2H3,(H,21,25)(H,22,24). The predicted octanol–water partition coefficient (Wildman–Crippen LogP) is 3.15. The van der Waals surface area contributed by atoms with E-state index >= 15 is 0 Å². The Morgan fingerprint density at radius 1 is 1.24 bits per heavy atom. The summed E-state index contributed by atoms with van der Waals surface area (Å²) < 4.78 is 13.8. The lowest BCUT2D eigenvalue weighted by molar-refractivity contribution is 0.0935. The minimum Gasteiger partial charge on any atom is -0.345 e. The molecular weight excluding hydrogens is 321 g/mol. The highest BCUT2D eigenvalue weighted by molar-refractivity contribution is 5.95. The molecule has 5 nitrogen and oxygen atoms in total. The third-order valence-corrected chi connectivity index (χ3v) is 4.28. The molecule has 1 unspecified atom stereocenters. The Balaban J connectivity index is 1.70. The molecule has 25 heavy (non-hydrogen) atoms. The zero-order chi connectivity index (χ0) is 18.0. The fourth-order valence-electron chi connectivity index (χ4n) is 2.83. The van der Waals surface area contributed by atoms with Crippen molar-refractivity contribution in [2.24, 2.45) is 0 Å². The minimum absolute atomic E-state index is 0.0391. The van der Waals surface area contributed by atoms with Gasteiger partial charge in [-0.25, -0.2) is 9.18 Å². The van der Waals surface area contributed by atoms with Gasteiger partial charge in [-0.15, -0.1) is 0 Å². The molecule has 0 aliphatic carbocycles. The molecule has 2 N–H and O–H groups in total. The van der Waals surface area contributed by atoms with Gasteiger partial charge in [0.05, 0.1) is 11.6 Å². The lowest BCUT2D eigenvalue weighted by Crippen LogP contribution is -2.28.